The van der Waals surface area contributed by atoms with Crippen LogP contribution < -0.4 is 0 Å². The molecule has 1 aromatic heterocycles. The van der Waals surface area contributed by atoms with E-state index in [1.54, 1.807) is 5.51 Å². The molecule has 104 valence electrons. The molecule has 1 saturated heterocycles. The van der Waals surface area contributed by atoms with Gasteiger partial charge in [-0.3, -0.25) is 4.79 Å². The lowest BCUT2D eigenvalue weighted by molar-refractivity contribution is -0.111. The Bertz CT molecular complexity index is 457. The van der Waals surface area contributed by atoms with Crippen LogP contribution in [-0.2, 0) is 4.74 Å². The highest BCUT2D eigenvalue weighted by Gasteiger charge is 2.41. The number of ketones is 1. The number of carbonyl (C=O) groups is 1. The van der Waals surface area contributed by atoms with Crippen LogP contribution in [-0.4, -0.2) is 23.0 Å². The fraction of sp³-hybridized carbons (Fsp3) is 0.733. The molecule has 1 atom stereocenters. The summed E-state index contributed by atoms with van der Waals surface area (Å²) in [6.07, 6.45) is 7.89. The molecule has 19 heavy (non-hydrogen) atoms. The van der Waals surface area contributed by atoms with Gasteiger partial charge in [-0.2, -0.15) is 0 Å². The summed E-state index contributed by atoms with van der Waals surface area (Å²) in [5.74, 6) is 0.444. The van der Waals surface area contributed by atoms with Crippen molar-refractivity contribution in [1.29, 1.82) is 0 Å². The summed E-state index contributed by atoms with van der Waals surface area (Å²) < 4.78 is 6.07. The van der Waals surface area contributed by atoms with E-state index < -0.39 is 0 Å². The Labute approximate surface area is 118 Å². The zero-order valence-electron chi connectivity index (χ0n) is 11.5. The summed E-state index contributed by atoms with van der Waals surface area (Å²) in [6, 6.07) is 0. The summed E-state index contributed by atoms with van der Waals surface area (Å²) in [4.78, 5) is 17.7. The third kappa shape index (κ3) is 2.61. The summed E-state index contributed by atoms with van der Waals surface area (Å²) in [5.41, 5.74) is 2.67. The number of thiazole rings is 1. The molecule has 2 fully saturated rings. The molecule has 1 aliphatic heterocycles. The molecule has 4 heteroatoms. The van der Waals surface area contributed by atoms with E-state index in [-0.39, 0.29) is 11.5 Å². The smallest absolute Gasteiger partial charge is 0.177 e. The maximum Gasteiger partial charge on any atom is 0.177 e. The van der Waals surface area contributed by atoms with Gasteiger partial charge in [0.2, 0.25) is 0 Å². The van der Waals surface area contributed by atoms with Gasteiger partial charge >= 0.3 is 0 Å². The van der Waals surface area contributed by atoms with E-state index >= 15 is 0 Å². The third-order valence-corrected chi connectivity index (χ3v) is 5.54. The van der Waals surface area contributed by atoms with E-state index in [1.165, 1.54) is 30.6 Å². The molecule has 3 nitrogen and oxygen atoms in total. The van der Waals surface area contributed by atoms with E-state index in [0.29, 0.717) is 5.78 Å². The maximum atomic E-state index is 12.6. The quantitative estimate of drug-likeness (QED) is 0.774. The van der Waals surface area contributed by atoms with Crippen LogP contribution >= 0.6 is 11.3 Å². The summed E-state index contributed by atoms with van der Waals surface area (Å²) in [6.45, 7) is 2.67. The van der Waals surface area contributed by atoms with E-state index in [0.717, 1.165) is 42.9 Å². The Morgan fingerprint density at radius 3 is 2.89 bits per heavy atom. The van der Waals surface area contributed by atoms with Gasteiger partial charge in [0.1, 0.15) is 0 Å². The normalized spacial score (nSPS) is 26.5. The molecule has 2 aliphatic rings. The highest BCUT2D eigenvalue weighted by Crippen LogP contribution is 2.41. The molecule has 0 radical (unpaired) electrons. The Morgan fingerprint density at radius 1 is 1.42 bits per heavy atom. The number of aryl methyl sites for hydroxylation is 1. The lowest BCUT2D eigenvalue weighted by Gasteiger charge is -2.43. The van der Waals surface area contributed by atoms with E-state index in [2.05, 4.69) is 4.98 Å². The highest BCUT2D eigenvalue weighted by atomic mass is 32.1. The van der Waals surface area contributed by atoms with Crippen LogP contribution in [0.3, 0.4) is 0 Å². The minimum Gasteiger partial charge on any atom is -0.375 e. The number of aromatic nitrogens is 1. The lowest BCUT2D eigenvalue weighted by atomic mass is 9.75. The Morgan fingerprint density at radius 2 is 2.21 bits per heavy atom. The van der Waals surface area contributed by atoms with Crippen molar-refractivity contribution in [2.45, 2.75) is 57.5 Å². The van der Waals surface area contributed by atoms with Gasteiger partial charge in [-0.15, -0.1) is 11.3 Å². The van der Waals surface area contributed by atoms with Gasteiger partial charge in [-0.1, -0.05) is 19.3 Å². The Kier molecular flexibility index (Phi) is 3.72. The van der Waals surface area contributed by atoms with Crippen molar-refractivity contribution in [1.82, 2.24) is 4.98 Å². The van der Waals surface area contributed by atoms with Crippen LogP contribution in [0.1, 0.15) is 60.3 Å². The SMILES string of the molecule is Cc1ncsc1C(=O)C1CCOC2(CCCCC2)C1. The molecular weight excluding hydrogens is 258 g/mol. The monoisotopic (exact) mass is 279 g/mol. The van der Waals surface area contributed by atoms with Gasteiger partial charge in [0.05, 0.1) is 21.7 Å². The molecule has 1 spiro atoms. The van der Waals surface area contributed by atoms with Crippen molar-refractivity contribution >= 4 is 17.1 Å². The molecule has 1 aliphatic carbocycles. The maximum absolute atomic E-state index is 12.6. The van der Waals surface area contributed by atoms with Gasteiger partial charge in [0.15, 0.2) is 5.78 Å². The van der Waals surface area contributed by atoms with Crippen molar-refractivity contribution in [2.24, 2.45) is 5.92 Å². The Hall–Kier alpha value is -0.740. The van der Waals surface area contributed by atoms with Gasteiger partial charge in [-0.05, 0) is 32.6 Å². The second-order valence-corrected chi connectivity index (χ2v) is 6.77. The van der Waals surface area contributed by atoms with Crippen molar-refractivity contribution in [3.63, 3.8) is 0 Å². The largest absolute Gasteiger partial charge is 0.375 e. The van der Waals surface area contributed by atoms with E-state index in [9.17, 15) is 4.79 Å². The summed E-state index contributed by atoms with van der Waals surface area (Å²) in [5, 5.41) is 0. The molecule has 1 unspecified atom stereocenters. The zero-order valence-corrected chi connectivity index (χ0v) is 12.3. The number of nitrogens with zero attached hydrogens (tertiary/aromatic N) is 1. The fourth-order valence-corrected chi connectivity index (χ4v) is 4.34. The van der Waals surface area contributed by atoms with Crippen molar-refractivity contribution < 1.29 is 9.53 Å². The number of Topliss-reactive ketones (excluding diaryl/α,β-unsaturated/α-hetero) is 1. The van der Waals surface area contributed by atoms with Gasteiger partial charge in [0.25, 0.3) is 0 Å². The first kappa shape index (κ1) is 13.3. The van der Waals surface area contributed by atoms with Crippen LogP contribution in [0.4, 0.5) is 0 Å². The topological polar surface area (TPSA) is 39.2 Å². The zero-order chi connectivity index (χ0) is 13.3. The van der Waals surface area contributed by atoms with Crippen LogP contribution in [0.5, 0.6) is 0 Å². The second kappa shape index (κ2) is 5.33. The molecule has 2 heterocycles. The fourth-order valence-electron chi connectivity index (χ4n) is 3.52. The third-order valence-electron chi connectivity index (χ3n) is 4.60. The molecule has 0 N–H and O–H groups in total. The minimum absolute atomic E-state index is 0.00934. The number of carbonyl (C=O) groups excluding carboxylic acids is 1. The predicted octanol–water partition coefficient (Wildman–Crippen LogP) is 3.76. The molecule has 1 aromatic rings. The molecule has 0 aromatic carbocycles. The van der Waals surface area contributed by atoms with Gasteiger partial charge in [-0.25, -0.2) is 4.98 Å². The number of hydrogen-bond acceptors (Lipinski definition) is 4. The average molecular weight is 279 g/mol. The molecule has 3 rings (SSSR count). The Balaban J connectivity index is 1.74. The number of ether oxygens (including phenoxy) is 1. The first-order chi connectivity index (χ1) is 9.20. The van der Waals surface area contributed by atoms with Crippen molar-refractivity contribution in [3.05, 3.63) is 16.1 Å². The number of rotatable bonds is 2. The highest BCUT2D eigenvalue weighted by molar-refractivity contribution is 7.12. The molecule has 1 saturated carbocycles. The molecular formula is C15H21NO2S. The summed E-state index contributed by atoms with van der Waals surface area (Å²) >= 11 is 1.48. The van der Waals surface area contributed by atoms with Crippen LogP contribution in [0.15, 0.2) is 5.51 Å². The number of hydrogen-bond donors (Lipinski definition) is 0. The first-order valence-corrected chi connectivity index (χ1v) is 8.16. The van der Waals surface area contributed by atoms with Gasteiger partial charge < -0.3 is 4.74 Å². The molecule has 0 amide bonds. The van der Waals surface area contributed by atoms with Crippen LogP contribution in [0.25, 0.3) is 0 Å². The van der Waals surface area contributed by atoms with Crippen molar-refractivity contribution in [3.8, 4) is 0 Å². The lowest BCUT2D eigenvalue weighted by Crippen LogP contribution is -2.43. The second-order valence-electron chi connectivity index (χ2n) is 5.91. The standard InChI is InChI=1S/C15H21NO2S/c1-11-14(19-10-16-11)13(17)12-5-8-18-15(9-12)6-3-2-4-7-15/h10,12H,2-9H2,1H3. The summed E-state index contributed by atoms with van der Waals surface area (Å²) in [7, 11) is 0. The minimum atomic E-state index is 0.00934. The predicted molar refractivity (Wildman–Crippen MR) is 75.7 cm³/mol. The van der Waals surface area contributed by atoms with Crippen LogP contribution in [0, 0.1) is 12.8 Å². The average Bonchev–Trinajstić information content (AvgIpc) is 2.85. The van der Waals surface area contributed by atoms with Crippen molar-refractivity contribution in [2.75, 3.05) is 6.61 Å². The van der Waals surface area contributed by atoms with E-state index in [4.69, 9.17) is 4.74 Å². The van der Waals surface area contributed by atoms with Crippen LogP contribution in [0.2, 0.25) is 0 Å². The van der Waals surface area contributed by atoms with E-state index in [1.807, 2.05) is 6.92 Å². The molecule has 0 bridgehead atoms. The van der Waals surface area contributed by atoms with Gasteiger partial charge in [0, 0.05) is 12.5 Å². The first-order valence-electron chi connectivity index (χ1n) is 7.28.